The molecule has 0 bridgehead atoms. The van der Waals surface area contributed by atoms with Gasteiger partial charge in [0, 0.05) is 11.6 Å². The van der Waals surface area contributed by atoms with E-state index >= 15 is 0 Å². The Morgan fingerprint density at radius 3 is 2.78 bits per heavy atom. The zero-order valence-corrected chi connectivity index (χ0v) is 15.6. The highest BCUT2D eigenvalue weighted by Gasteiger charge is 2.27. The first-order valence-electron chi connectivity index (χ1n) is 8.07. The van der Waals surface area contributed by atoms with Gasteiger partial charge in [-0.15, -0.1) is 0 Å². The summed E-state index contributed by atoms with van der Waals surface area (Å²) in [6, 6.07) is 4.06. The van der Waals surface area contributed by atoms with E-state index in [4.69, 9.17) is 9.47 Å². The second-order valence-electron chi connectivity index (χ2n) is 5.46. The fourth-order valence-corrected chi connectivity index (χ4v) is 3.26. The van der Waals surface area contributed by atoms with Crippen LogP contribution in [0, 0.1) is 17.0 Å². The topological polar surface area (TPSA) is 116 Å². The number of aryl methyl sites for hydroxylation is 1. The highest BCUT2D eigenvalue weighted by molar-refractivity contribution is 8.04. The summed E-state index contributed by atoms with van der Waals surface area (Å²) < 4.78 is 9.93. The van der Waals surface area contributed by atoms with Crippen LogP contribution in [0.5, 0.6) is 0 Å². The summed E-state index contributed by atoms with van der Waals surface area (Å²) in [6.45, 7) is 3.42. The van der Waals surface area contributed by atoms with Crippen molar-refractivity contribution in [3.05, 3.63) is 50.5 Å². The molecule has 27 heavy (non-hydrogen) atoms. The van der Waals surface area contributed by atoms with Crippen molar-refractivity contribution in [2.75, 3.05) is 25.5 Å². The maximum atomic E-state index is 12.1. The summed E-state index contributed by atoms with van der Waals surface area (Å²) in [5, 5.41) is 11.4. The quantitative estimate of drug-likeness (QED) is 0.299. The molecular formula is C17H18N2O7S. The van der Waals surface area contributed by atoms with Gasteiger partial charge in [-0.05, 0) is 19.9 Å². The zero-order valence-electron chi connectivity index (χ0n) is 14.8. The van der Waals surface area contributed by atoms with Crippen LogP contribution in [-0.2, 0) is 19.1 Å². The molecule has 0 radical (unpaired) electrons. The SMILES string of the molecule is CCOC(=O)/C=C1\SCC(=O)N1CCOC(=O)c1ccc(C)c([N+](=O)[O-])c1. The van der Waals surface area contributed by atoms with Gasteiger partial charge in [0.05, 0.1) is 40.5 Å². The van der Waals surface area contributed by atoms with E-state index in [-0.39, 0.29) is 42.7 Å². The van der Waals surface area contributed by atoms with Gasteiger partial charge in [-0.3, -0.25) is 14.9 Å². The van der Waals surface area contributed by atoms with E-state index in [1.165, 1.54) is 34.9 Å². The average Bonchev–Trinajstić information content (AvgIpc) is 2.95. The van der Waals surface area contributed by atoms with Crippen LogP contribution in [0.25, 0.3) is 0 Å². The monoisotopic (exact) mass is 394 g/mol. The van der Waals surface area contributed by atoms with Gasteiger partial charge in [-0.1, -0.05) is 17.8 Å². The van der Waals surface area contributed by atoms with E-state index in [9.17, 15) is 24.5 Å². The van der Waals surface area contributed by atoms with Gasteiger partial charge >= 0.3 is 11.9 Å². The number of nitro benzene ring substituents is 1. The van der Waals surface area contributed by atoms with E-state index in [0.717, 1.165) is 6.07 Å². The molecule has 0 saturated carbocycles. The van der Waals surface area contributed by atoms with E-state index in [0.29, 0.717) is 10.6 Å². The first kappa shape index (κ1) is 20.4. The normalized spacial score (nSPS) is 15.1. The highest BCUT2D eigenvalue weighted by Crippen LogP contribution is 2.28. The smallest absolute Gasteiger partial charge is 0.338 e. The number of thioether (sulfide) groups is 1. The Kier molecular flexibility index (Phi) is 6.94. The lowest BCUT2D eigenvalue weighted by atomic mass is 10.1. The second kappa shape index (κ2) is 9.17. The molecule has 1 aromatic carbocycles. The minimum absolute atomic E-state index is 0.0525. The molecule has 1 heterocycles. The molecule has 1 aromatic rings. The van der Waals surface area contributed by atoms with E-state index < -0.39 is 16.9 Å². The van der Waals surface area contributed by atoms with Gasteiger partial charge in [-0.2, -0.15) is 0 Å². The summed E-state index contributed by atoms with van der Waals surface area (Å²) in [6.07, 6.45) is 1.23. The minimum atomic E-state index is -0.728. The van der Waals surface area contributed by atoms with Crippen molar-refractivity contribution in [2.24, 2.45) is 0 Å². The number of benzene rings is 1. The van der Waals surface area contributed by atoms with Crippen LogP contribution in [0.3, 0.4) is 0 Å². The van der Waals surface area contributed by atoms with Crippen molar-refractivity contribution >= 4 is 35.3 Å². The lowest BCUT2D eigenvalue weighted by Crippen LogP contribution is -2.29. The number of esters is 2. The summed E-state index contributed by atoms with van der Waals surface area (Å²) in [5.74, 6) is -1.31. The van der Waals surface area contributed by atoms with E-state index in [2.05, 4.69) is 0 Å². The number of carbonyl (C=O) groups is 3. The van der Waals surface area contributed by atoms with Gasteiger partial charge in [-0.25, -0.2) is 9.59 Å². The lowest BCUT2D eigenvalue weighted by molar-refractivity contribution is -0.385. The van der Waals surface area contributed by atoms with Gasteiger partial charge in [0.25, 0.3) is 5.69 Å². The molecule has 9 nitrogen and oxygen atoms in total. The summed E-state index contributed by atoms with van der Waals surface area (Å²) in [7, 11) is 0. The first-order chi connectivity index (χ1) is 12.8. The van der Waals surface area contributed by atoms with Crippen LogP contribution < -0.4 is 0 Å². The number of carbonyl (C=O) groups excluding carboxylic acids is 3. The Balaban J connectivity index is 1.97. The summed E-state index contributed by atoms with van der Waals surface area (Å²) in [5.41, 5.74) is 0.317. The Labute approximate surface area is 159 Å². The third-order valence-corrected chi connectivity index (χ3v) is 4.65. The van der Waals surface area contributed by atoms with Gasteiger partial charge < -0.3 is 14.4 Å². The third kappa shape index (κ3) is 5.30. The number of nitrogens with zero attached hydrogens (tertiary/aromatic N) is 2. The van der Waals surface area contributed by atoms with Gasteiger partial charge in [0.15, 0.2) is 0 Å². The standard InChI is InChI=1S/C17H18N2O7S/c1-3-25-16(21)9-15-18(14(20)10-27-15)6-7-26-17(22)12-5-4-11(2)13(8-12)19(23)24/h4-5,8-9H,3,6-7,10H2,1-2H3/b15-9-. The zero-order chi connectivity index (χ0) is 20.0. The van der Waals surface area contributed by atoms with Crippen molar-refractivity contribution in [3.8, 4) is 0 Å². The highest BCUT2D eigenvalue weighted by atomic mass is 32.2. The number of nitro groups is 1. The fraction of sp³-hybridized carbons (Fsp3) is 0.353. The Hall–Kier alpha value is -2.88. The maximum absolute atomic E-state index is 12.1. The molecule has 0 spiro atoms. The Morgan fingerprint density at radius 1 is 1.37 bits per heavy atom. The Bertz CT molecular complexity index is 806. The van der Waals surface area contributed by atoms with Gasteiger partial charge in [0.2, 0.25) is 5.91 Å². The van der Waals surface area contributed by atoms with Crippen molar-refractivity contribution < 1.29 is 28.8 Å². The maximum Gasteiger partial charge on any atom is 0.338 e. The van der Waals surface area contributed by atoms with Crippen molar-refractivity contribution in [1.29, 1.82) is 0 Å². The molecule has 0 atom stereocenters. The number of hydrogen-bond donors (Lipinski definition) is 0. The number of ether oxygens (including phenoxy) is 2. The molecular weight excluding hydrogens is 376 g/mol. The number of hydrogen-bond acceptors (Lipinski definition) is 8. The van der Waals surface area contributed by atoms with Gasteiger partial charge in [0.1, 0.15) is 6.61 Å². The first-order valence-corrected chi connectivity index (χ1v) is 9.05. The molecule has 1 amide bonds. The molecule has 2 rings (SSSR count). The molecule has 1 fully saturated rings. The van der Waals surface area contributed by atoms with Crippen molar-refractivity contribution in [1.82, 2.24) is 4.90 Å². The molecule has 0 aromatic heterocycles. The average molecular weight is 394 g/mol. The third-order valence-electron chi connectivity index (χ3n) is 3.63. The molecule has 0 N–H and O–H groups in total. The van der Waals surface area contributed by atoms with Crippen LogP contribution in [-0.4, -0.2) is 53.2 Å². The molecule has 0 unspecified atom stereocenters. The predicted molar refractivity (Wildman–Crippen MR) is 97.0 cm³/mol. The summed E-state index contributed by atoms with van der Waals surface area (Å²) >= 11 is 1.20. The van der Waals surface area contributed by atoms with Crippen LogP contribution in [0.1, 0.15) is 22.8 Å². The molecule has 1 aliphatic rings. The van der Waals surface area contributed by atoms with Crippen LogP contribution in [0.4, 0.5) is 5.69 Å². The van der Waals surface area contributed by atoms with E-state index in [1.807, 2.05) is 0 Å². The number of amides is 1. The summed E-state index contributed by atoms with van der Waals surface area (Å²) in [4.78, 5) is 47.3. The van der Waals surface area contributed by atoms with Crippen LogP contribution in [0.2, 0.25) is 0 Å². The molecule has 0 aliphatic carbocycles. The largest absolute Gasteiger partial charge is 0.463 e. The number of rotatable bonds is 7. The lowest BCUT2D eigenvalue weighted by Gasteiger charge is -2.16. The predicted octanol–water partition coefficient (Wildman–Crippen LogP) is 2.04. The molecule has 1 saturated heterocycles. The van der Waals surface area contributed by atoms with Crippen molar-refractivity contribution in [2.45, 2.75) is 13.8 Å². The molecule has 144 valence electrons. The van der Waals surface area contributed by atoms with Crippen molar-refractivity contribution in [3.63, 3.8) is 0 Å². The molecule has 10 heteroatoms. The fourth-order valence-electron chi connectivity index (χ4n) is 2.30. The van der Waals surface area contributed by atoms with Crippen LogP contribution in [0.15, 0.2) is 29.3 Å². The molecule has 1 aliphatic heterocycles. The van der Waals surface area contributed by atoms with E-state index in [1.54, 1.807) is 13.8 Å². The minimum Gasteiger partial charge on any atom is -0.463 e. The Morgan fingerprint density at radius 2 is 2.11 bits per heavy atom. The van der Waals surface area contributed by atoms with Crippen LogP contribution >= 0.6 is 11.8 Å². The second-order valence-corrected chi connectivity index (χ2v) is 6.46.